The van der Waals surface area contributed by atoms with Crippen molar-refractivity contribution in [1.82, 2.24) is 0 Å². The van der Waals surface area contributed by atoms with Gasteiger partial charge in [-0.25, -0.2) is 17.6 Å². The molecule has 0 atom stereocenters. The van der Waals surface area contributed by atoms with Crippen LogP contribution in [0.1, 0.15) is 48.3 Å². The number of hydrogen-bond donors (Lipinski definition) is 0. The molecule has 0 nitrogen and oxygen atoms in total. The van der Waals surface area contributed by atoms with Crippen LogP contribution in [0.3, 0.4) is 0 Å². The molecule has 0 N–H and O–H groups in total. The van der Waals surface area contributed by atoms with E-state index in [4.69, 9.17) is 0 Å². The molecule has 0 heterocycles. The van der Waals surface area contributed by atoms with Gasteiger partial charge in [-0.1, -0.05) is 17.9 Å². The van der Waals surface area contributed by atoms with Gasteiger partial charge in [0.25, 0.3) is 0 Å². The Hall–Kier alpha value is -2.54. The molecule has 0 radical (unpaired) electrons. The van der Waals surface area contributed by atoms with Crippen molar-refractivity contribution in [2.75, 3.05) is 0 Å². The van der Waals surface area contributed by atoms with Gasteiger partial charge in [-0.15, -0.1) is 6.58 Å². The van der Waals surface area contributed by atoms with Gasteiger partial charge in [-0.2, -0.15) is 0 Å². The topological polar surface area (TPSA) is 0 Å². The molecule has 3 rings (SSSR count). The molecule has 0 aliphatic heterocycles. The predicted molar refractivity (Wildman–Crippen MR) is 93.6 cm³/mol. The van der Waals surface area contributed by atoms with Crippen LogP contribution in [-0.2, 0) is 0 Å². The first-order chi connectivity index (χ1) is 12.5. The molecule has 0 aromatic heterocycles. The monoisotopic (exact) mass is 358 g/mol. The Morgan fingerprint density at radius 3 is 2.04 bits per heavy atom. The molecule has 134 valence electrons. The SMILES string of the molecule is C=C[C@H]1CC[C@H](c2cc(F)c(C#Cc3ccc(F)c(F)c3)c(F)c2)CC1. The maximum absolute atomic E-state index is 14.4. The number of benzene rings is 2. The molecule has 2 aromatic rings. The fourth-order valence-corrected chi connectivity index (χ4v) is 3.34. The second kappa shape index (κ2) is 7.78. The van der Waals surface area contributed by atoms with Gasteiger partial charge < -0.3 is 0 Å². The van der Waals surface area contributed by atoms with Crippen molar-refractivity contribution in [2.45, 2.75) is 31.6 Å². The van der Waals surface area contributed by atoms with Gasteiger partial charge in [0.05, 0.1) is 5.56 Å². The second-order valence-corrected chi connectivity index (χ2v) is 6.59. The summed E-state index contributed by atoms with van der Waals surface area (Å²) in [6.07, 6.45) is 5.61. The molecule has 0 unspecified atom stereocenters. The van der Waals surface area contributed by atoms with Crippen LogP contribution in [0.25, 0.3) is 0 Å². The molecule has 4 heteroatoms. The van der Waals surface area contributed by atoms with Gasteiger partial charge >= 0.3 is 0 Å². The molecule has 0 amide bonds. The maximum atomic E-state index is 14.4. The molecule has 0 bridgehead atoms. The molecule has 1 saturated carbocycles. The van der Waals surface area contributed by atoms with E-state index >= 15 is 0 Å². The minimum atomic E-state index is -1.05. The first kappa shape index (κ1) is 18.3. The molecular formula is C22H18F4. The minimum Gasteiger partial charge on any atom is -0.206 e. The van der Waals surface area contributed by atoms with Crippen LogP contribution in [-0.4, -0.2) is 0 Å². The Balaban J connectivity index is 1.83. The smallest absolute Gasteiger partial charge is 0.160 e. The lowest BCUT2D eigenvalue weighted by Crippen LogP contribution is -2.12. The Bertz CT molecular complexity index is 858. The minimum absolute atomic E-state index is 0.128. The van der Waals surface area contributed by atoms with Gasteiger partial charge in [0.1, 0.15) is 11.6 Å². The van der Waals surface area contributed by atoms with Crippen LogP contribution in [0.15, 0.2) is 43.0 Å². The van der Waals surface area contributed by atoms with Crippen molar-refractivity contribution in [3.63, 3.8) is 0 Å². The van der Waals surface area contributed by atoms with E-state index in [0.717, 1.165) is 37.8 Å². The third-order valence-corrected chi connectivity index (χ3v) is 4.89. The van der Waals surface area contributed by atoms with E-state index in [0.29, 0.717) is 11.5 Å². The highest BCUT2D eigenvalue weighted by Gasteiger charge is 2.22. The standard InChI is InChI=1S/C22H18F4/c1-2-14-3-7-16(8-4-14)17-12-20(24)18(21(25)13-17)9-5-15-6-10-19(23)22(26)11-15/h2,6,10-14,16H,1,3-4,7-8H2/t14-,16-. The number of hydrogen-bond acceptors (Lipinski definition) is 0. The van der Waals surface area contributed by atoms with Crippen molar-refractivity contribution in [1.29, 1.82) is 0 Å². The molecule has 1 aliphatic carbocycles. The Morgan fingerprint density at radius 1 is 0.808 bits per heavy atom. The first-order valence-electron chi connectivity index (χ1n) is 8.56. The van der Waals surface area contributed by atoms with Gasteiger partial charge in [-0.05, 0) is 73.4 Å². The fourth-order valence-electron chi connectivity index (χ4n) is 3.34. The lowest BCUT2D eigenvalue weighted by molar-refractivity contribution is 0.374. The molecule has 26 heavy (non-hydrogen) atoms. The van der Waals surface area contributed by atoms with Crippen LogP contribution >= 0.6 is 0 Å². The van der Waals surface area contributed by atoms with Crippen molar-refractivity contribution in [3.05, 3.63) is 82.9 Å². The van der Waals surface area contributed by atoms with Crippen LogP contribution in [0.5, 0.6) is 0 Å². The molecule has 2 aromatic carbocycles. The normalized spacial score (nSPS) is 19.5. The van der Waals surface area contributed by atoms with E-state index in [1.165, 1.54) is 18.2 Å². The van der Waals surface area contributed by atoms with Crippen LogP contribution in [0, 0.1) is 41.0 Å². The second-order valence-electron chi connectivity index (χ2n) is 6.59. The summed E-state index contributed by atoms with van der Waals surface area (Å²) < 4.78 is 54.8. The largest absolute Gasteiger partial charge is 0.206 e. The lowest BCUT2D eigenvalue weighted by Gasteiger charge is -2.27. The summed E-state index contributed by atoms with van der Waals surface area (Å²) in [6.45, 7) is 3.80. The maximum Gasteiger partial charge on any atom is 0.160 e. The highest BCUT2D eigenvalue weighted by atomic mass is 19.2. The molecule has 0 saturated heterocycles. The zero-order valence-corrected chi connectivity index (χ0v) is 14.2. The Morgan fingerprint density at radius 2 is 1.46 bits per heavy atom. The van der Waals surface area contributed by atoms with Crippen molar-refractivity contribution < 1.29 is 17.6 Å². The third kappa shape index (κ3) is 3.99. The van der Waals surface area contributed by atoms with Crippen LogP contribution < -0.4 is 0 Å². The number of allylic oxidation sites excluding steroid dienone is 1. The lowest BCUT2D eigenvalue weighted by atomic mass is 9.78. The summed E-state index contributed by atoms with van der Waals surface area (Å²) in [5.41, 5.74) is 0.425. The van der Waals surface area contributed by atoms with Crippen LogP contribution in [0.2, 0.25) is 0 Å². The molecule has 1 fully saturated rings. The van der Waals surface area contributed by atoms with Crippen molar-refractivity contribution in [2.24, 2.45) is 5.92 Å². The van der Waals surface area contributed by atoms with Crippen molar-refractivity contribution >= 4 is 0 Å². The summed E-state index contributed by atoms with van der Waals surface area (Å²) in [7, 11) is 0. The van der Waals surface area contributed by atoms with Gasteiger partial charge in [0.15, 0.2) is 11.6 Å². The highest BCUT2D eigenvalue weighted by molar-refractivity contribution is 5.45. The summed E-state index contributed by atoms with van der Waals surface area (Å²) in [4.78, 5) is 0. The van der Waals surface area contributed by atoms with E-state index in [1.54, 1.807) is 0 Å². The zero-order valence-electron chi connectivity index (χ0n) is 14.2. The summed E-state index contributed by atoms with van der Waals surface area (Å²) >= 11 is 0. The van der Waals surface area contributed by atoms with Gasteiger partial charge in [-0.3, -0.25) is 0 Å². The van der Waals surface area contributed by atoms with E-state index in [-0.39, 0.29) is 17.0 Å². The van der Waals surface area contributed by atoms with E-state index in [9.17, 15) is 17.6 Å². The van der Waals surface area contributed by atoms with E-state index in [2.05, 4.69) is 18.4 Å². The summed E-state index contributed by atoms with van der Waals surface area (Å²) in [5, 5.41) is 0. The summed E-state index contributed by atoms with van der Waals surface area (Å²) in [5.74, 6) is 1.95. The molecule has 0 spiro atoms. The highest BCUT2D eigenvalue weighted by Crippen LogP contribution is 2.37. The Kier molecular flexibility index (Phi) is 5.46. The zero-order chi connectivity index (χ0) is 18.7. The average molecular weight is 358 g/mol. The third-order valence-electron chi connectivity index (χ3n) is 4.89. The van der Waals surface area contributed by atoms with Crippen LogP contribution in [0.4, 0.5) is 17.6 Å². The molecular weight excluding hydrogens is 340 g/mol. The average Bonchev–Trinajstić information content (AvgIpc) is 2.64. The fraction of sp³-hybridized carbons (Fsp3) is 0.273. The Labute approximate surface area is 150 Å². The van der Waals surface area contributed by atoms with Gasteiger partial charge in [0.2, 0.25) is 0 Å². The van der Waals surface area contributed by atoms with Crippen molar-refractivity contribution in [3.8, 4) is 11.8 Å². The first-order valence-corrected chi connectivity index (χ1v) is 8.56. The number of rotatable bonds is 2. The quantitative estimate of drug-likeness (QED) is 0.345. The molecule has 1 aliphatic rings. The van der Waals surface area contributed by atoms with E-state index in [1.807, 2.05) is 6.08 Å². The van der Waals surface area contributed by atoms with Gasteiger partial charge in [0, 0.05) is 5.56 Å². The number of halogens is 4. The predicted octanol–water partition coefficient (Wildman–Crippen LogP) is 6.10. The summed E-state index contributed by atoms with van der Waals surface area (Å²) in [6, 6.07) is 5.74. The van der Waals surface area contributed by atoms with E-state index < -0.39 is 23.3 Å².